The second kappa shape index (κ2) is 8.84. The number of hydrogen-bond acceptors (Lipinski definition) is 6. The molecule has 0 atom stereocenters. The fourth-order valence-electron chi connectivity index (χ4n) is 2.70. The third kappa shape index (κ3) is 5.18. The van der Waals surface area contributed by atoms with Crippen molar-refractivity contribution in [2.75, 3.05) is 13.2 Å². The molecule has 1 aliphatic rings. The molecular weight excluding hydrogens is 402 g/mol. The van der Waals surface area contributed by atoms with Gasteiger partial charge < -0.3 is 10.1 Å². The van der Waals surface area contributed by atoms with Crippen LogP contribution in [0.2, 0.25) is 0 Å². The molecule has 11 heteroatoms. The molecule has 1 aromatic heterocycles. The van der Waals surface area contributed by atoms with Crippen LogP contribution in [0.25, 0.3) is 0 Å². The Hall–Kier alpha value is -2.24. The molecule has 1 aromatic carbocycles. The van der Waals surface area contributed by atoms with Gasteiger partial charge in [0.1, 0.15) is 5.75 Å². The van der Waals surface area contributed by atoms with Gasteiger partial charge >= 0.3 is 0 Å². The van der Waals surface area contributed by atoms with Gasteiger partial charge in [-0.2, -0.15) is 5.10 Å². The van der Waals surface area contributed by atoms with E-state index in [1.54, 1.807) is 12.1 Å². The van der Waals surface area contributed by atoms with Gasteiger partial charge in [-0.05, 0) is 56.2 Å². The van der Waals surface area contributed by atoms with Crippen LogP contribution in [0.3, 0.4) is 0 Å². The number of sulfonamides is 1. The van der Waals surface area contributed by atoms with Crippen molar-refractivity contribution in [3.05, 3.63) is 34.9 Å². The summed E-state index contributed by atoms with van der Waals surface area (Å²) in [4.78, 5) is 12.1. The van der Waals surface area contributed by atoms with Crippen molar-refractivity contribution in [1.29, 1.82) is 0 Å². The van der Waals surface area contributed by atoms with Crippen LogP contribution < -0.4 is 14.8 Å². The standard InChI is InChI=1S/C17H23N5O4S2/c1-2-26-13-5-7-14(8-6-13)28(24,25)19-10-9-16(23)18-11-15-20-21-17(27)22(15)12-3-4-12/h5-8,12,19H,2-4,9-11H2,1H3,(H,18,23)(H,21,27). The summed E-state index contributed by atoms with van der Waals surface area (Å²) in [5.41, 5.74) is 0. The Balaban J connectivity index is 1.46. The molecule has 0 radical (unpaired) electrons. The molecule has 1 fully saturated rings. The van der Waals surface area contributed by atoms with E-state index in [0.29, 0.717) is 29.0 Å². The van der Waals surface area contributed by atoms with Crippen molar-refractivity contribution in [3.63, 3.8) is 0 Å². The van der Waals surface area contributed by atoms with Crippen LogP contribution in [0, 0.1) is 4.77 Å². The predicted molar refractivity (Wildman–Crippen MR) is 105 cm³/mol. The van der Waals surface area contributed by atoms with E-state index in [4.69, 9.17) is 17.0 Å². The quantitative estimate of drug-likeness (QED) is 0.498. The van der Waals surface area contributed by atoms with Crippen molar-refractivity contribution in [2.45, 2.75) is 43.7 Å². The molecule has 1 aliphatic carbocycles. The first-order valence-corrected chi connectivity index (χ1v) is 10.9. The lowest BCUT2D eigenvalue weighted by molar-refractivity contribution is -0.121. The number of carbonyl (C=O) groups is 1. The minimum atomic E-state index is -3.68. The average molecular weight is 426 g/mol. The third-order valence-corrected chi connectivity index (χ3v) is 5.99. The van der Waals surface area contributed by atoms with E-state index >= 15 is 0 Å². The SMILES string of the molecule is CCOc1ccc(S(=O)(=O)NCCC(=O)NCc2n[nH]c(=S)n2C2CC2)cc1. The number of carbonyl (C=O) groups excluding carboxylic acids is 1. The lowest BCUT2D eigenvalue weighted by Crippen LogP contribution is -2.31. The molecule has 28 heavy (non-hydrogen) atoms. The summed E-state index contributed by atoms with van der Waals surface area (Å²) in [7, 11) is -3.68. The fourth-order valence-corrected chi connectivity index (χ4v) is 4.03. The van der Waals surface area contributed by atoms with E-state index in [1.807, 2.05) is 11.5 Å². The van der Waals surface area contributed by atoms with E-state index in [2.05, 4.69) is 20.2 Å². The molecule has 0 spiro atoms. The van der Waals surface area contributed by atoms with Crippen LogP contribution in [0.15, 0.2) is 29.2 Å². The summed E-state index contributed by atoms with van der Waals surface area (Å²) in [6, 6.07) is 6.48. The Morgan fingerprint density at radius 3 is 2.71 bits per heavy atom. The highest BCUT2D eigenvalue weighted by Crippen LogP contribution is 2.35. The van der Waals surface area contributed by atoms with Crippen molar-refractivity contribution >= 4 is 28.1 Å². The van der Waals surface area contributed by atoms with Gasteiger partial charge in [-0.25, -0.2) is 13.1 Å². The lowest BCUT2D eigenvalue weighted by Gasteiger charge is -2.09. The first kappa shape index (κ1) is 20.5. The molecule has 3 N–H and O–H groups in total. The van der Waals surface area contributed by atoms with Crippen molar-refractivity contribution in [1.82, 2.24) is 24.8 Å². The van der Waals surface area contributed by atoms with E-state index in [1.165, 1.54) is 12.1 Å². The zero-order valence-corrected chi connectivity index (χ0v) is 17.1. The smallest absolute Gasteiger partial charge is 0.240 e. The highest BCUT2D eigenvalue weighted by Gasteiger charge is 2.27. The number of rotatable bonds is 10. The third-order valence-electron chi connectivity index (χ3n) is 4.22. The minimum absolute atomic E-state index is 0.00312. The molecule has 0 aliphatic heterocycles. The van der Waals surface area contributed by atoms with Crippen molar-refractivity contribution in [3.8, 4) is 5.75 Å². The molecule has 152 valence electrons. The first-order chi connectivity index (χ1) is 13.4. The van der Waals surface area contributed by atoms with E-state index < -0.39 is 10.0 Å². The molecule has 2 aromatic rings. The number of H-pyrrole nitrogens is 1. The van der Waals surface area contributed by atoms with Gasteiger partial charge in [-0.1, -0.05) is 0 Å². The van der Waals surface area contributed by atoms with E-state index in [0.717, 1.165) is 12.8 Å². The Bertz CT molecular complexity index is 978. The molecule has 1 amide bonds. The maximum atomic E-state index is 12.3. The van der Waals surface area contributed by atoms with Gasteiger partial charge in [0.25, 0.3) is 0 Å². The van der Waals surface area contributed by atoms with Gasteiger partial charge in [0.05, 0.1) is 18.0 Å². The van der Waals surface area contributed by atoms with Crippen LogP contribution >= 0.6 is 12.2 Å². The van der Waals surface area contributed by atoms with Gasteiger partial charge in [-0.15, -0.1) is 0 Å². The Morgan fingerprint density at radius 2 is 2.07 bits per heavy atom. The summed E-state index contributed by atoms with van der Waals surface area (Å²) < 4.78 is 34.8. The molecule has 1 heterocycles. The number of aromatic amines is 1. The fraction of sp³-hybridized carbons (Fsp3) is 0.471. The van der Waals surface area contributed by atoms with E-state index in [9.17, 15) is 13.2 Å². The number of nitrogens with one attached hydrogen (secondary N) is 3. The summed E-state index contributed by atoms with van der Waals surface area (Å²) in [6.07, 6.45) is 2.13. The van der Waals surface area contributed by atoms with Crippen LogP contribution in [0.4, 0.5) is 0 Å². The van der Waals surface area contributed by atoms with Gasteiger partial charge in [0, 0.05) is 19.0 Å². The summed E-state index contributed by atoms with van der Waals surface area (Å²) >= 11 is 5.20. The van der Waals surface area contributed by atoms with Gasteiger partial charge in [0.15, 0.2) is 10.6 Å². The number of aromatic nitrogens is 3. The first-order valence-electron chi connectivity index (χ1n) is 9.05. The topological polar surface area (TPSA) is 118 Å². The molecular formula is C17H23N5O4S2. The van der Waals surface area contributed by atoms with E-state index in [-0.39, 0.29) is 30.3 Å². The van der Waals surface area contributed by atoms with Crippen LogP contribution in [0.1, 0.15) is 38.1 Å². The molecule has 0 unspecified atom stereocenters. The van der Waals surface area contributed by atoms with Crippen LogP contribution in [0.5, 0.6) is 5.75 Å². The van der Waals surface area contributed by atoms with Gasteiger partial charge in [-0.3, -0.25) is 14.5 Å². The molecule has 1 saturated carbocycles. The van der Waals surface area contributed by atoms with Crippen molar-refractivity contribution in [2.24, 2.45) is 0 Å². The average Bonchev–Trinajstić information content (AvgIpc) is 3.43. The Morgan fingerprint density at radius 1 is 1.36 bits per heavy atom. The molecule has 3 rings (SSSR count). The minimum Gasteiger partial charge on any atom is -0.494 e. The normalized spacial score (nSPS) is 14.0. The zero-order chi connectivity index (χ0) is 20.1. The summed E-state index contributed by atoms with van der Waals surface area (Å²) in [5, 5.41) is 9.62. The zero-order valence-electron chi connectivity index (χ0n) is 15.5. The Labute approximate surface area is 168 Å². The second-order valence-electron chi connectivity index (χ2n) is 6.38. The van der Waals surface area contributed by atoms with Crippen molar-refractivity contribution < 1.29 is 17.9 Å². The monoisotopic (exact) mass is 425 g/mol. The second-order valence-corrected chi connectivity index (χ2v) is 8.53. The maximum Gasteiger partial charge on any atom is 0.240 e. The molecule has 0 saturated heterocycles. The largest absolute Gasteiger partial charge is 0.494 e. The lowest BCUT2D eigenvalue weighted by atomic mass is 10.3. The number of amides is 1. The number of ether oxygens (including phenoxy) is 1. The van der Waals surface area contributed by atoms with Gasteiger partial charge in [0.2, 0.25) is 15.9 Å². The summed E-state index contributed by atoms with van der Waals surface area (Å²) in [5.74, 6) is 1.01. The maximum absolute atomic E-state index is 12.3. The van der Waals surface area contributed by atoms with Crippen LogP contribution in [-0.2, 0) is 21.4 Å². The number of benzene rings is 1. The van der Waals surface area contributed by atoms with Crippen LogP contribution in [-0.4, -0.2) is 42.2 Å². The number of nitrogens with zero attached hydrogens (tertiary/aromatic N) is 2. The molecule has 0 bridgehead atoms. The Kier molecular flexibility index (Phi) is 6.47. The highest BCUT2D eigenvalue weighted by atomic mass is 32.2. The predicted octanol–water partition coefficient (Wildman–Crippen LogP) is 1.66. The highest BCUT2D eigenvalue weighted by molar-refractivity contribution is 7.89. The summed E-state index contributed by atoms with van der Waals surface area (Å²) in [6.45, 7) is 2.60. The number of hydrogen-bond donors (Lipinski definition) is 3. The molecule has 9 nitrogen and oxygen atoms in total.